The second-order valence-corrected chi connectivity index (χ2v) is 5.11. The summed E-state index contributed by atoms with van der Waals surface area (Å²) in [6.07, 6.45) is 2.92. The predicted octanol–water partition coefficient (Wildman–Crippen LogP) is 2.96. The normalized spacial score (nSPS) is 12.0. The lowest BCUT2D eigenvalue weighted by Gasteiger charge is -2.13. The van der Waals surface area contributed by atoms with E-state index < -0.39 is 6.10 Å². The third-order valence-corrected chi connectivity index (χ3v) is 3.47. The average Bonchev–Trinajstić information content (AvgIpc) is 2.60. The number of nitrogens with one attached hydrogen (secondary N) is 1. The van der Waals surface area contributed by atoms with Crippen LogP contribution in [0.15, 0.2) is 66.3 Å². The molecule has 24 heavy (non-hydrogen) atoms. The number of carbonyl (C=O) groups excluding carboxylic acids is 1. The number of methoxy groups -OCH3 is 1. The predicted molar refractivity (Wildman–Crippen MR) is 93.9 cm³/mol. The molecule has 1 amide bonds. The zero-order chi connectivity index (χ0) is 17.4. The number of benzene rings is 2. The molecule has 5 heteroatoms. The Hall–Kier alpha value is -2.92. The van der Waals surface area contributed by atoms with Gasteiger partial charge in [0, 0.05) is 12.7 Å². The van der Waals surface area contributed by atoms with E-state index in [0.29, 0.717) is 12.0 Å². The highest BCUT2D eigenvalue weighted by Crippen LogP contribution is 2.21. The van der Waals surface area contributed by atoms with Crippen LogP contribution in [-0.2, 0) is 16.0 Å². The minimum absolute atomic E-state index is 0.127. The number of ether oxygens (including phenoxy) is 1. The van der Waals surface area contributed by atoms with Gasteiger partial charge in [0.25, 0.3) is 5.91 Å². The van der Waals surface area contributed by atoms with Crippen LogP contribution in [0, 0.1) is 0 Å². The summed E-state index contributed by atoms with van der Waals surface area (Å²) < 4.78 is 5.23. The molecule has 0 aromatic heterocycles. The number of nitrogens with zero attached hydrogens (tertiary/aromatic N) is 1. The molecule has 5 nitrogen and oxygen atoms in total. The Morgan fingerprint density at radius 3 is 2.71 bits per heavy atom. The fraction of sp³-hybridized carbons (Fsp3) is 0.158. The summed E-state index contributed by atoms with van der Waals surface area (Å²) in [5.74, 6) is -0.261. The molecule has 0 radical (unpaired) electrons. The highest BCUT2D eigenvalue weighted by molar-refractivity contribution is 5.87. The molecular weight excluding hydrogens is 304 g/mol. The van der Waals surface area contributed by atoms with Gasteiger partial charge in [-0.1, -0.05) is 48.5 Å². The van der Waals surface area contributed by atoms with Crippen LogP contribution in [-0.4, -0.2) is 24.3 Å². The van der Waals surface area contributed by atoms with Crippen LogP contribution in [0.25, 0.3) is 0 Å². The third-order valence-electron chi connectivity index (χ3n) is 3.47. The van der Waals surface area contributed by atoms with Gasteiger partial charge in [0.2, 0.25) is 0 Å². The minimum Gasteiger partial charge on any atom is -0.507 e. The molecule has 0 fully saturated rings. The molecule has 1 atom stereocenters. The van der Waals surface area contributed by atoms with Gasteiger partial charge in [0.15, 0.2) is 6.10 Å². The summed E-state index contributed by atoms with van der Waals surface area (Å²) >= 11 is 0. The molecule has 2 N–H and O–H groups in total. The number of hydrogen-bond donors (Lipinski definition) is 2. The second kappa shape index (κ2) is 8.64. The molecule has 2 rings (SSSR count). The van der Waals surface area contributed by atoms with Crippen LogP contribution in [0.4, 0.5) is 0 Å². The molecule has 2 aromatic carbocycles. The molecule has 0 saturated heterocycles. The Kier molecular flexibility index (Phi) is 6.28. The molecule has 0 aliphatic rings. The number of carbonyl (C=O) groups is 1. The van der Waals surface area contributed by atoms with Crippen molar-refractivity contribution in [1.29, 1.82) is 0 Å². The van der Waals surface area contributed by atoms with Crippen molar-refractivity contribution in [3.63, 3.8) is 0 Å². The van der Waals surface area contributed by atoms with E-state index in [1.165, 1.54) is 13.3 Å². The monoisotopic (exact) mass is 324 g/mol. The maximum atomic E-state index is 12.2. The number of allylic oxidation sites excluding steroid dienone is 1. The summed E-state index contributed by atoms with van der Waals surface area (Å²) in [5, 5.41) is 14.0. The van der Waals surface area contributed by atoms with Gasteiger partial charge in [-0.3, -0.25) is 4.79 Å². The lowest BCUT2D eigenvalue weighted by molar-refractivity contribution is -0.131. The van der Waals surface area contributed by atoms with Gasteiger partial charge < -0.3 is 9.84 Å². The Morgan fingerprint density at radius 1 is 1.29 bits per heavy atom. The fourth-order valence-electron chi connectivity index (χ4n) is 2.28. The highest BCUT2D eigenvalue weighted by Gasteiger charge is 2.19. The molecule has 1 unspecified atom stereocenters. The van der Waals surface area contributed by atoms with E-state index >= 15 is 0 Å². The van der Waals surface area contributed by atoms with E-state index in [1.54, 1.807) is 12.1 Å². The first-order valence-electron chi connectivity index (χ1n) is 7.49. The lowest BCUT2D eigenvalue weighted by Crippen LogP contribution is -2.26. The first kappa shape index (κ1) is 17.4. The zero-order valence-electron chi connectivity index (χ0n) is 13.5. The average molecular weight is 324 g/mol. The Bertz CT molecular complexity index is 727. The topological polar surface area (TPSA) is 70.9 Å². The zero-order valence-corrected chi connectivity index (χ0v) is 13.5. The Morgan fingerprint density at radius 2 is 2.04 bits per heavy atom. The summed E-state index contributed by atoms with van der Waals surface area (Å²) in [7, 11) is 1.46. The Labute approximate surface area is 141 Å². The van der Waals surface area contributed by atoms with Crippen molar-refractivity contribution in [2.45, 2.75) is 12.5 Å². The SMILES string of the molecule is C=CCc1cccc(/C=N/NC(=O)C(OC)c2ccccc2)c1O. The molecule has 0 saturated carbocycles. The summed E-state index contributed by atoms with van der Waals surface area (Å²) in [4.78, 5) is 12.2. The van der Waals surface area contributed by atoms with Crippen molar-refractivity contribution < 1.29 is 14.6 Å². The number of hydrazone groups is 1. The van der Waals surface area contributed by atoms with Gasteiger partial charge >= 0.3 is 0 Å². The van der Waals surface area contributed by atoms with E-state index in [2.05, 4.69) is 17.1 Å². The quantitative estimate of drug-likeness (QED) is 0.467. The molecule has 124 valence electrons. The van der Waals surface area contributed by atoms with Crippen LogP contribution in [0.2, 0.25) is 0 Å². The molecular formula is C19H20N2O3. The van der Waals surface area contributed by atoms with Crippen LogP contribution in [0.3, 0.4) is 0 Å². The molecule has 0 aliphatic heterocycles. The van der Waals surface area contributed by atoms with Gasteiger partial charge in [-0.15, -0.1) is 6.58 Å². The minimum atomic E-state index is -0.746. The standard InChI is InChI=1S/C19H20N2O3/c1-3-8-14-11-7-12-16(17(14)22)13-20-21-19(23)18(24-2)15-9-5-4-6-10-15/h3-7,9-13,18,22H,1,8H2,2H3,(H,21,23)/b20-13+. The summed E-state index contributed by atoms with van der Waals surface area (Å²) in [6.45, 7) is 3.65. The number of amides is 1. The molecule has 0 heterocycles. The van der Waals surface area contributed by atoms with Crippen LogP contribution < -0.4 is 5.43 Å². The van der Waals surface area contributed by atoms with Crippen LogP contribution >= 0.6 is 0 Å². The van der Waals surface area contributed by atoms with E-state index in [-0.39, 0.29) is 11.7 Å². The first-order chi connectivity index (χ1) is 11.7. The maximum absolute atomic E-state index is 12.2. The summed E-state index contributed by atoms with van der Waals surface area (Å²) in [6, 6.07) is 14.5. The smallest absolute Gasteiger partial charge is 0.273 e. The Balaban J connectivity index is 2.07. The number of phenolic OH excluding ortho intramolecular Hbond substituents is 1. The van der Waals surface area contributed by atoms with Gasteiger partial charge in [-0.25, -0.2) is 5.43 Å². The van der Waals surface area contributed by atoms with Crippen molar-refractivity contribution >= 4 is 12.1 Å². The van der Waals surface area contributed by atoms with Gasteiger partial charge in [0.1, 0.15) is 5.75 Å². The lowest BCUT2D eigenvalue weighted by atomic mass is 10.1. The van der Waals surface area contributed by atoms with Gasteiger partial charge in [0.05, 0.1) is 6.21 Å². The van der Waals surface area contributed by atoms with Crippen molar-refractivity contribution in [2.24, 2.45) is 5.10 Å². The number of para-hydroxylation sites is 1. The first-order valence-corrected chi connectivity index (χ1v) is 7.49. The number of hydrogen-bond acceptors (Lipinski definition) is 4. The maximum Gasteiger partial charge on any atom is 0.273 e. The van der Waals surface area contributed by atoms with Crippen molar-refractivity contribution in [3.05, 3.63) is 77.9 Å². The second-order valence-electron chi connectivity index (χ2n) is 5.11. The van der Waals surface area contributed by atoms with E-state index in [0.717, 1.165) is 11.1 Å². The van der Waals surface area contributed by atoms with Gasteiger partial charge in [-0.05, 0) is 23.6 Å². The largest absolute Gasteiger partial charge is 0.507 e. The van der Waals surface area contributed by atoms with Crippen LogP contribution in [0.5, 0.6) is 5.75 Å². The van der Waals surface area contributed by atoms with Crippen LogP contribution in [0.1, 0.15) is 22.8 Å². The fourth-order valence-corrected chi connectivity index (χ4v) is 2.28. The molecule has 0 bridgehead atoms. The van der Waals surface area contributed by atoms with E-state index in [1.807, 2.05) is 42.5 Å². The summed E-state index contributed by atoms with van der Waals surface area (Å²) in [5.41, 5.74) is 4.44. The van der Waals surface area contributed by atoms with Crippen molar-refractivity contribution in [1.82, 2.24) is 5.43 Å². The van der Waals surface area contributed by atoms with Crippen molar-refractivity contribution in [2.75, 3.05) is 7.11 Å². The number of aromatic hydroxyl groups is 1. The highest BCUT2D eigenvalue weighted by atomic mass is 16.5. The van der Waals surface area contributed by atoms with E-state index in [9.17, 15) is 9.90 Å². The van der Waals surface area contributed by atoms with E-state index in [4.69, 9.17) is 4.74 Å². The van der Waals surface area contributed by atoms with Crippen molar-refractivity contribution in [3.8, 4) is 5.75 Å². The molecule has 0 spiro atoms. The van der Waals surface area contributed by atoms with Gasteiger partial charge in [-0.2, -0.15) is 5.10 Å². The molecule has 2 aromatic rings. The number of phenols is 1. The molecule has 0 aliphatic carbocycles. The number of rotatable bonds is 7. The third kappa shape index (κ3) is 4.30.